The molecule has 9 aromatic rings. The first-order valence-electron chi connectivity index (χ1n) is 21.6. The number of aryl methyl sites for hydroxylation is 6. The van der Waals surface area contributed by atoms with Crippen LogP contribution < -0.4 is 20.2 Å². The van der Waals surface area contributed by atoms with Gasteiger partial charge >= 0.3 is 0 Å². The van der Waals surface area contributed by atoms with E-state index in [9.17, 15) is 0 Å². The van der Waals surface area contributed by atoms with Crippen LogP contribution in [0.25, 0.3) is 49.9 Å². The zero-order chi connectivity index (χ0) is 41.5. The molecule has 3 heteroatoms. The van der Waals surface area contributed by atoms with E-state index < -0.39 is 0 Å². The summed E-state index contributed by atoms with van der Waals surface area (Å²) in [7, 11) is 0. The van der Waals surface area contributed by atoms with E-state index in [4.69, 9.17) is 0 Å². The highest BCUT2D eigenvalue weighted by Gasteiger charge is 2.40. The molecule has 2 aliphatic carbocycles. The standard InChI is InChI=1S/C58H49N3/c1-35-26-28-39(5)52(30-35)60(50-24-13-7-16-37(50)3)54-34-48-47(32-41-18-9-11-20-43(41)54)55(48)45-22-15-23-46-56-49(59-57(45)46)33-42-19-10-12-21-44(42)58(56)61(51-25-14-8-17-38(51)4)53-31-36(2)27-29-40(53)6/h7-33,48,59H,34H2,1-6H3. The van der Waals surface area contributed by atoms with Crippen molar-refractivity contribution in [1.82, 2.24) is 4.98 Å². The van der Waals surface area contributed by atoms with Gasteiger partial charge in [0.2, 0.25) is 0 Å². The zero-order valence-electron chi connectivity index (χ0n) is 35.8. The van der Waals surface area contributed by atoms with E-state index in [2.05, 4.69) is 220 Å². The lowest BCUT2D eigenvalue weighted by Gasteiger charge is -2.31. The maximum absolute atomic E-state index is 4.06. The Kier molecular flexibility index (Phi) is 8.65. The molecular formula is C58H49N3. The molecule has 2 aliphatic rings. The number of fused-ring (bicyclic) bond motifs is 6. The van der Waals surface area contributed by atoms with Crippen molar-refractivity contribution in [2.45, 2.75) is 48.0 Å². The maximum atomic E-state index is 4.06. The smallest absolute Gasteiger partial charge is 0.0640 e. The first kappa shape index (κ1) is 36.9. The van der Waals surface area contributed by atoms with E-state index >= 15 is 0 Å². The third-order valence-electron chi connectivity index (χ3n) is 13.3. The highest BCUT2D eigenvalue weighted by Crippen LogP contribution is 2.56. The normalized spacial score (nSPS) is 14.5. The van der Waals surface area contributed by atoms with E-state index in [1.165, 1.54) is 122 Å². The van der Waals surface area contributed by atoms with Gasteiger partial charge in [0.05, 0.1) is 11.2 Å². The third-order valence-corrected chi connectivity index (χ3v) is 13.3. The molecule has 0 amide bonds. The number of para-hydroxylation sites is 3. The Balaban J connectivity index is 1.14. The van der Waals surface area contributed by atoms with Gasteiger partial charge in [0.1, 0.15) is 0 Å². The Bertz CT molecular complexity index is 3430. The Labute approximate surface area is 358 Å². The van der Waals surface area contributed by atoms with Crippen molar-refractivity contribution in [3.05, 3.63) is 213 Å². The van der Waals surface area contributed by atoms with E-state index in [0.717, 1.165) is 11.9 Å². The SMILES string of the molecule is Cc1ccc(C)c(N(C2=c3ccccc3=CC3=C(c4cccc5c4[nH]c4cc6ccccc6c(N(c6ccccc6C)c6cc(C)ccc6C)c45)C3C2)c2ccccc2C)c1. The number of hydrogen-bond acceptors (Lipinski definition) is 2. The highest BCUT2D eigenvalue weighted by atomic mass is 15.2. The Morgan fingerprint density at radius 1 is 0.508 bits per heavy atom. The van der Waals surface area contributed by atoms with E-state index in [-0.39, 0.29) is 5.92 Å². The first-order chi connectivity index (χ1) is 29.7. The van der Waals surface area contributed by atoms with Gasteiger partial charge in [-0.25, -0.2) is 0 Å². The summed E-state index contributed by atoms with van der Waals surface area (Å²) >= 11 is 0. The van der Waals surface area contributed by atoms with Crippen LogP contribution in [0.3, 0.4) is 0 Å². The fraction of sp³-hybridized carbons (Fsp3) is 0.138. The van der Waals surface area contributed by atoms with Crippen LogP contribution >= 0.6 is 0 Å². The zero-order valence-corrected chi connectivity index (χ0v) is 35.8. The van der Waals surface area contributed by atoms with Gasteiger partial charge in [-0.05, 0) is 133 Å². The fourth-order valence-corrected chi connectivity index (χ4v) is 10.1. The molecule has 3 nitrogen and oxygen atoms in total. The number of nitrogens with one attached hydrogen (secondary N) is 1. The third kappa shape index (κ3) is 6.02. The minimum atomic E-state index is 0.285. The Morgan fingerprint density at radius 2 is 1.10 bits per heavy atom. The number of rotatable bonds is 7. The summed E-state index contributed by atoms with van der Waals surface area (Å²) < 4.78 is 0. The first-order valence-corrected chi connectivity index (χ1v) is 21.6. The summed E-state index contributed by atoms with van der Waals surface area (Å²) in [5.74, 6) is 0.285. The largest absolute Gasteiger partial charge is 0.354 e. The predicted molar refractivity (Wildman–Crippen MR) is 260 cm³/mol. The van der Waals surface area contributed by atoms with Crippen molar-refractivity contribution in [1.29, 1.82) is 0 Å². The van der Waals surface area contributed by atoms with Crippen LogP contribution in [0.2, 0.25) is 0 Å². The Hall–Kier alpha value is -7.10. The molecule has 1 aromatic heterocycles. The van der Waals surface area contributed by atoms with Crippen LogP contribution in [-0.4, -0.2) is 4.98 Å². The molecule has 0 fully saturated rings. The lowest BCUT2D eigenvalue weighted by atomic mass is 9.97. The summed E-state index contributed by atoms with van der Waals surface area (Å²) in [5, 5.41) is 7.51. The second-order valence-electron chi connectivity index (χ2n) is 17.3. The number of anilines is 5. The summed E-state index contributed by atoms with van der Waals surface area (Å²) in [6.45, 7) is 13.4. The van der Waals surface area contributed by atoms with Crippen LogP contribution in [0.1, 0.15) is 45.4 Å². The number of H-pyrrole nitrogens is 1. The minimum Gasteiger partial charge on any atom is -0.354 e. The molecule has 61 heavy (non-hydrogen) atoms. The lowest BCUT2D eigenvalue weighted by Crippen LogP contribution is -2.32. The molecule has 0 aliphatic heterocycles. The molecule has 0 radical (unpaired) electrons. The maximum Gasteiger partial charge on any atom is 0.0640 e. The monoisotopic (exact) mass is 787 g/mol. The minimum absolute atomic E-state index is 0.285. The molecule has 1 heterocycles. The summed E-state index contributed by atoms with van der Waals surface area (Å²) in [6, 6.07) is 58.6. The number of nitrogens with zero attached hydrogens (tertiary/aromatic N) is 2. The molecule has 0 bridgehead atoms. The van der Waals surface area contributed by atoms with Gasteiger partial charge in [0.25, 0.3) is 0 Å². The molecule has 8 aromatic carbocycles. The van der Waals surface area contributed by atoms with E-state index in [1.54, 1.807) is 0 Å². The van der Waals surface area contributed by atoms with Gasteiger partial charge in [0, 0.05) is 66.8 Å². The second kappa shape index (κ2) is 14.3. The number of aromatic amines is 1. The number of benzene rings is 8. The summed E-state index contributed by atoms with van der Waals surface area (Å²) in [6.07, 6.45) is 3.38. The molecule has 0 spiro atoms. The second-order valence-corrected chi connectivity index (χ2v) is 17.3. The summed E-state index contributed by atoms with van der Waals surface area (Å²) in [4.78, 5) is 9.16. The molecular weight excluding hydrogens is 739 g/mol. The van der Waals surface area contributed by atoms with E-state index in [0.29, 0.717) is 0 Å². The van der Waals surface area contributed by atoms with Crippen LogP contribution in [0.4, 0.5) is 28.4 Å². The van der Waals surface area contributed by atoms with Crippen molar-refractivity contribution in [3.8, 4) is 0 Å². The van der Waals surface area contributed by atoms with Gasteiger partial charge < -0.3 is 14.8 Å². The van der Waals surface area contributed by atoms with Gasteiger partial charge in [-0.15, -0.1) is 0 Å². The van der Waals surface area contributed by atoms with E-state index in [1.807, 2.05) is 0 Å². The van der Waals surface area contributed by atoms with Crippen LogP contribution in [0.15, 0.2) is 163 Å². The van der Waals surface area contributed by atoms with Crippen molar-refractivity contribution in [3.63, 3.8) is 0 Å². The average Bonchev–Trinajstić information content (AvgIpc) is 3.84. The molecule has 1 atom stereocenters. The van der Waals surface area contributed by atoms with Crippen molar-refractivity contribution < 1.29 is 0 Å². The average molecular weight is 788 g/mol. The predicted octanol–water partition coefficient (Wildman–Crippen LogP) is 14.0. The van der Waals surface area contributed by atoms with Gasteiger partial charge in [-0.3, -0.25) is 0 Å². The van der Waals surface area contributed by atoms with Crippen LogP contribution in [0, 0.1) is 47.5 Å². The van der Waals surface area contributed by atoms with Crippen molar-refractivity contribution in [2.24, 2.45) is 5.92 Å². The molecule has 0 saturated carbocycles. The molecule has 1 unspecified atom stereocenters. The highest BCUT2D eigenvalue weighted by molar-refractivity contribution is 6.24. The summed E-state index contributed by atoms with van der Waals surface area (Å²) in [5.41, 5.74) is 21.4. The molecule has 11 rings (SSSR count). The topological polar surface area (TPSA) is 22.3 Å². The van der Waals surface area contributed by atoms with Gasteiger partial charge in [-0.2, -0.15) is 0 Å². The van der Waals surface area contributed by atoms with Gasteiger partial charge in [0.15, 0.2) is 0 Å². The van der Waals surface area contributed by atoms with Crippen molar-refractivity contribution in [2.75, 3.05) is 9.80 Å². The fourth-order valence-electron chi connectivity index (χ4n) is 10.1. The molecule has 296 valence electrons. The number of allylic oxidation sites excluding steroid dienone is 2. The Morgan fingerprint density at radius 3 is 1.82 bits per heavy atom. The van der Waals surface area contributed by atoms with Crippen molar-refractivity contribution >= 4 is 78.4 Å². The lowest BCUT2D eigenvalue weighted by molar-refractivity contribution is 0.924. The van der Waals surface area contributed by atoms with Gasteiger partial charge in [-0.1, -0.05) is 133 Å². The number of hydrogen-bond donors (Lipinski definition) is 1. The number of aromatic nitrogens is 1. The van der Waals surface area contributed by atoms with Crippen LogP contribution in [0.5, 0.6) is 0 Å². The molecule has 0 saturated heterocycles. The molecule has 1 N–H and O–H groups in total. The van der Waals surface area contributed by atoms with Crippen LogP contribution in [-0.2, 0) is 0 Å². The quantitative estimate of drug-likeness (QED) is 0.174.